The van der Waals surface area contributed by atoms with E-state index in [1.807, 2.05) is 24.3 Å². The minimum Gasteiger partial charge on any atom is -0.313 e. The van der Waals surface area contributed by atoms with Gasteiger partial charge in [-0.3, -0.25) is 0 Å². The van der Waals surface area contributed by atoms with Crippen molar-refractivity contribution in [3.05, 3.63) is 47.5 Å². The largest absolute Gasteiger partial charge is 0.313 e. The second-order valence-corrected chi connectivity index (χ2v) is 4.45. The Kier molecular flexibility index (Phi) is 6.20. The van der Waals surface area contributed by atoms with E-state index in [9.17, 15) is 0 Å². The number of rotatable bonds is 7. The SMILES string of the molecule is C=CCC(Cc1cccc(Cl)c1)NCCC. The Morgan fingerprint density at radius 1 is 1.50 bits per heavy atom. The van der Waals surface area contributed by atoms with Gasteiger partial charge in [-0.05, 0) is 43.5 Å². The van der Waals surface area contributed by atoms with Gasteiger partial charge in [0.15, 0.2) is 0 Å². The molecule has 0 aliphatic rings. The van der Waals surface area contributed by atoms with Crippen LogP contribution in [0, 0.1) is 0 Å². The van der Waals surface area contributed by atoms with Crippen LogP contribution in [-0.2, 0) is 6.42 Å². The lowest BCUT2D eigenvalue weighted by molar-refractivity contribution is 0.512. The van der Waals surface area contributed by atoms with Crippen molar-refractivity contribution in [1.29, 1.82) is 0 Å². The Bertz CT molecular complexity index is 322. The quantitative estimate of drug-likeness (QED) is 0.711. The van der Waals surface area contributed by atoms with E-state index in [1.165, 1.54) is 5.56 Å². The van der Waals surface area contributed by atoms with Crippen LogP contribution >= 0.6 is 11.6 Å². The van der Waals surface area contributed by atoms with E-state index in [4.69, 9.17) is 11.6 Å². The summed E-state index contributed by atoms with van der Waals surface area (Å²) in [6.45, 7) is 7.03. The summed E-state index contributed by atoms with van der Waals surface area (Å²) in [5.41, 5.74) is 1.28. The maximum atomic E-state index is 5.97. The fourth-order valence-corrected chi connectivity index (χ4v) is 1.95. The summed E-state index contributed by atoms with van der Waals surface area (Å²) in [5, 5.41) is 4.33. The molecular weight excluding hydrogens is 218 g/mol. The lowest BCUT2D eigenvalue weighted by Gasteiger charge is -2.16. The molecular formula is C14H20ClN. The molecule has 0 aromatic heterocycles. The monoisotopic (exact) mass is 237 g/mol. The number of halogens is 1. The molecule has 0 bridgehead atoms. The first-order valence-corrected chi connectivity index (χ1v) is 6.22. The molecule has 0 saturated heterocycles. The van der Waals surface area contributed by atoms with Gasteiger partial charge in [-0.15, -0.1) is 6.58 Å². The van der Waals surface area contributed by atoms with Crippen molar-refractivity contribution in [2.45, 2.75) is 32.2 Å². The van der Waals surface area contributed by atoms with Gasteiger partial charge in [0, 0.05) is 11.1 Å². The van der Waals surface area contributed by atoms with Crippen LogP contribution in [0.5, 0.6) is 0 Å². The Hall–Kier alpha value is -0.790. The highest BCUT2D eigenvalue weighted by atomic mass is 35.5. The smallest absolute Gasteiger partial charge is 0.0408 e. The Morgan fingerprint density at radius 3 is 2.94 bits per heavy atom. The zero-order valence-electron chi connectivity index (χ0n) is 9.88. The minimum absolute atomic E-state index is 0.468. The molecule has 1 unspecified atom stereocenters. The molecule has 0 saturated carbocycles. The van der Waals surface area contributed by atoms with E-state index in [2.05, 4.69) is 24.9 Å². The highest BCUT2D eigenvalue weighted by molar-refractivity contribution is 6.30. The Balaban J connectivity index is 2.56. The second kappa shape index (κ2) is 7.48. The van der Waals surface area contributed by atoms with E-state index in [-0.39, 0.29) is 0 Å². The van der Waals surface area contributed by atoms with Crippen LogP contribution in [0.3, 0.4) is 0 Å². The third-order valence-corrected chi connectivity index (χ3v) is 2.74. The van der Waals surface area contributed by atoms with Gasteiger partial charge in [-0.1, -0.05) is 36.7 Å². The van der Waals surface area contributed by atoms with E-state index in [0.29, 0.717) is 6.04 Å². The van der Waals surface area contributed by atoms with Crippen molar-refractivity contribution in [1.82, 2.24) is 5.32 Å². The average Bonchev–Trinajstić information content (AvgIpc) is 2.26. The van der Waals surface area contributed by atoms with Crippen molar-refractivity contribution in [2.75, 3.05) is 6.54 Å². The van der Waals surface area contributed by atoms with Crippen LogP contribution in [-0.4, -0.2) is 12.6 Å². The van der Waals surface area contributed by atoms with Crippen LogP contribution < -0.4 is 5.32 Å². The maximum Gasteiger partial charge on any atom is 0.0408 e. The van der Waals surface area contributed by atoms with Crippen LogP contribution in [0.2, 0.25) is 5.02 Å². The molecule has 0 aliphatic heterocycles. The van der Waals surface area contributed by atoms with Crippen LogP contribution in [0.4, 0.5) is 0 Å². The first-order valence-electron chi connectivity index (χ1n) is 5.85. The summed E-state index contributed by atoms with van der Waals surface area (Å²) in [6, 6.07) is 8.53. The molecule has 2 heteroatoms. The Morgan fingerprint density at radius 2 is 2.31 bits per heavy atom. The van der Waals surface area contributed by atoms with Gasteiger partial charge in [0.25, 0.3) is 0 Å². The highest BCUT2D eigenvalue weighted by Gasteiger charge is 2.06. The minimum atomic E-state index is 0.468. The molecule has 0 radical (unpaired) electrons. The number of hydrogen-bond donors (Lipinski definition) is 1. The number of nitrogens with one attached hydrogen (secondary N) is 1. The van der Waals surface area contributed by atoms with Crippen molar-refractivity contribution < 1.29 is 0 Å². The molecule has 16 heavy (non-hydrogen) atoms. The van der Waals surface area contributed by atoms with Gasteiger partial charge in [0.2, 0.25) is 0 Å². The number of hydrogen-bond acceptors (Lipinski definition) is 1. The third-order valence-electron chi connectivity index (χ3n) is 2.51. The second-order valence-electron chi connectivity index (χ2n) is 4.01. The molecule has 0 heterocycles. The zero-order valence-corrected chi connectivity index (χ0v) is 10.6. The summed E-state index contributed by atoms with van der Waals surface area (Å²) < 4.78 is 0. The van der Waals surface area contributed by atoms with Gasteiger partial charge in [0.1, 0.15) is 0 Å². The van der Waals surface area contributed by atoms with Crippen molar-refractivity contribution in [2.24, 2.45) is 0 Å². The van der Waals surface area contributed by atoms with Crippen LogP contribution in [0.1, 0.15) is 25.3 Å². The lowest BCUT2D eigenvalue weighted by Crippen LogP contribution is -2.31. The third kappa shape index (κ3) is 4.82. The summed E-state index contributed by atoms with van der Waals surface area (Å²) in [7, 11) is 0. The molecule has 1 atom stereocenters. The van der Waals surface area contributed by atoms with Crippen molar-refractivity contribution >= 4 is 11.6 Å². The standard InChI is InChI=1S/C14H20ClN/c1-3-6-14(16-9-4-2)11-12-7-5-8-13(15)10-12/h3,5,7-8,10,14,16H,1,4,6,9,11H2,2H3. The summed E-state index contributed by atoms with van der Waals surface area (Å²) in [6.07, 6.45) is 5.13. The summed E-state index contributed by atoms with van der Waals surface area (Å²) in [5.74, 6) is 0. The van der Waals surface area contributed by atoms with E-state index in [0.717, 1.165) is 30.8 Å². The fourth-order valence-electron chi connectivity index (χ4n) is 1.74. The van der Waals surface area contributed by atoms with Gasteiger partial charge in [-0.2, -0.15) is 0 Å². The molecule has 1 N–H and O–H groups in total. The molecule has 0 aliphatic carbocycles. The molecule has 88 valence electrons. The normalized spacial score (nSPS) is 12.4. The Labute approximate surface area is 104 Å². The molecule has 1 aromatic carbocycles. The van der Waals surface area contributed by atoms with Gasteiger partial charge in [-0.25, -0.2) is 0 Å². The lowest BCUT2D eigenvalue weighted by atomic mass is 10.0. The maximum absolute atomic E-state index is 5.97. The summed E-state index contributed by atoms with van der Waals surface area (Å²) >= 11 is 5.97. The van der Waals surface area contributed by atoms with Gasteiger partial charge < -0.3 is 5.32 Å². The van der Waals surface area contributed by atoms with E-state index in [1.54, 1.807) is 0 Å². The van der Waals surface area contributed by atoms with Gasteiger partial charge in [0.05, 0.1) is 0 Å². The molecule has 1 rings (SSSR count). The summed E-state index contributed by atoms with van der Waals surface area (Å²) in [4.78, 5) is 0. The topological polar surface area (TPSA) is 12.0 Å². The first-order chi connectivity index (χ1) is 7.76. The highest BCUT2D eigenvalue weighted by Crippen LogP contribution is 2.13. The molecule has 1 aromatic rings. The van der Waals surface area contributed by atoms with E-state index >= 15 is 0 Å². The number of benzene rings is 1. The van der Waals surface area contributed by atoms with Crippen molar-refractivity contribution in [3.63, 3.8) is 0 Å². The van der Waals surface area contributed by atoms with Crippen LogP contribution in [0.15, 0.2) is 36.9 Å². The molecule has 0 amide bonds. The average molecular weight is 238 g/mol. The predicted molar refractivity (Wildman–Crippen MR) is 72.1 cm³/mol. The fraction of sp³-hybridized carbons (Fsp3) is 0.429. The zero-order chi connectivity index (χ0) is 11.8. The van der Waals surface area contributed by atoms with E-state index < -0.39 is 0 Å². The molecule has 1 nitrogen and oxygen atoms in total. The predicted octanol–water partition coefficient (Wildman–Crippen LogP) is 3.83. The first kappa shape index (κ1) is 13.3. The van der Waals surface area contributed by atoms with Crippen molar-refractivity contribution in [3.8, 4) is 0 Å². The molecule has 0 spiro atoms. The van der Waals surface area contributed by atoms with Crippen LogP contribution in [0.25, 0.3) is 0 Å². The van der Waals surface area contributed by atoms with Gasteiger partial charge >= 0.3 is 0 Å². The molecule has 0 fully saturated rings.